The summed E-state index contributed by atoms with van der Waals surface area (Å²) in [6, 6.07) is 11.9. The van der Waals surface area contributed by atoms with Crippen LogP contribution < -0.4 is 11.1 Å². The zero-order valence-electron chi connectivity index (χ0n) is 26.5. The van der Waals surface area contributed by atoms with E-state index in [1.165, 1.54) is 36.4 Å². The van der Waals surface area contributed by atoms with Crippen molar-refractivity contribution >= 4 is 0 Å². The van der Waals surface area contributed by atoms with Crippen LogP contribution in [0.15, 0.2) is 79.1 Å². The second-order valence-electron chi connectivity index (χ2n) is 11.0. The Balaban J connectivity index is 0.000000194. The van der Waals surface area contributed by atoms with Crippen LogP contribution in [0.25, 0.3) is 23.2 Å². The molecule has 2 N–H and O–H groups in total. The van der Waals surface area contributed by atoms with E-state index in [0.29, 0.717) is 22.8 Å². The lowest BCUT2D eigenvalue weighted by Crippen LogP contribution is -2.08. The number of aromatic nitrogens is 8. The number of nitrogens with one attached hydrogen (secondary N) is 2. The maximum Gasteiger partial charge on any atom is 0.416 e. The van der Waals surface area contributed by atoms with Crippen LogP contribution in [0.5, 0.6) is 0 Å². The fraction of sp³-hybridized carbons (Fsp3) is 0.250. The van der Waals surface area contributed by atoms with E-state index in [1.54, 1.807) is 27.7 Å². The predicted octanol–water partition coefficient (Wildman–Crippen LogP) is 6.60. The van der Waals surface area contributed by atoms with Gasteiger partial charge in [-0.05, 0) is 63.1 Å². The van der Waals surface area contributed by atoms with Gasteiger partial charge in [0.2, 0.25) is 11.8 Å². The van der Waals surface area contributed by atoms with Gasteiger partial charge in [-0.3, -0.25) is 9.59 Å². The third-order valence-corrected chi connectivity index (χ3v) is 7.26. The normalized spacial score (nSPS) is 13.0. The molecule has 0 bridgehead atoms. The van der Waals surface area contributed by atoms with Crippen molar-refractivity contribution in [3.05, 3.63) is 127 Å². The molecule has 0 radical (unpaired) electrons. The smallest absolute Gasteiger partial charge is 0.416 e. The lowest BCUT2D eigenvalue weighted by Gasteiger charge is -2.10. The number of hydrogen-bond donors (Lipinski definition) is 2. The number of alkyl halides is 6. The number of hydrogen-bond acceptors (Lipinski definition) is 10. The van der Waals surface area contributed by atoms with Gasteiger partial charge in [0.1, 0.15) is 23.0 Å². The first kappa shape index (κ1) is 35.4. The summed E-state index contributed by atoms with van der Waals surface area (Å²) in [4.78, 5) is 36.2. The van der Waals surface area contributed by atoms with E-state index in [2.05, 4.69) is 40.3 Å². The highest BCUT2D eigenvalue weighted by atomic mass is 19.4. The lowest BCUT2D eigenvalue weighted by atomic mass is 10.00. The number of aromatic amines is 2. The highest BCUT2D eigenvalue weighted by Crippen LogP contribution is 2.33. The summed E-state index contributed by atoms with van der Waals surface area (Å²) in [7, 11) is 0. The molecule has 0 unspecified atom stereocenters. The molecule has 12 nitrogen and oxygen atoms in total. The van der Waals surface area contributed by atoms with Crippen molar-refractivity contribution in [3.63, 3.8) is 0 Å². The van der Waals surface area contributed by atoms with Crippen molar-refractivity contribution in [2.24, 2.45) is 0 Å². The molecular weight excluding hydrogens is 674 g/mol. The molecule has 260 valence electrons. The first-order valence-corrected chi connectivity index (χ1v) is 14.7. The van der Waals surface area contributed by atoms with Crippen LogP contribution in [0.4, 0.5) is 26.3 Å². The first-order chi connectivity index (χ1) is 23.5. The summed E-state index contributed by atoms with van der Waals surface area (Å²) in [5.41, 5.74) is -0.484. The molecule has 0 aliphatic rings. The minimum absolute atomic E-state index is 0.0722. The number of halogens is 6. The molecule has 6 rings (SSSR count). The maximum absolute atomic E-state index is 12.6. The monoisotopic (exact) mass is 700 g/mol. The lowest BCUT2D eigenvalue weighted by molar-refractivity contribution is -0.138. The molecule has 0 amide bonds. The third kappa shape index (κ3) is 8.37. The van der Waals surface area contributed by atoms with E-state index < -0.39 is 35.3 Å². The van der Waals surface area contributed by atoms with Gasteiger partial charge in [0.15, 0.2) is 0 Å². The van der Waals surface area contributed by atoms with E-state index in [0.717, 1.165) is 24.3 Å². The van der Waals surface area contributed by atoms with Crippen molar-refractivity contribution in [3.8, 4) is 23.2 Å². The molecule has 0 saturated heterocycles. The summed E-state index contributed by atoms with van der Waals surface area (Å²) >= 11 is 0. The zero-order valence-corrected chi connectivity index (χ0v) is 26.5. The predicted molar refractivity (Wildman–Crippen MR) is 164 cm³/mol. The van der Waals surface area contributed by atoms with Gasteiger partial charge >= 0.3 is 12.4 Å². The second-order valence-corrected chi connectivity index (χ2v) is 11.0. The van der Waals surface area contributed by atoms with Gasteiger partial charge in [-0.1, -0.05) is 24.3 Å². The number of rotatable bonds is 6. The van der Waals surface area contributed by atoms with Crippen molar-refractivity contribution in [1.29, 1.82) is 0 Å². The summed E-state index contributed by atoms with van der Waals surface area (Å²) in [6.07, 6.45) is -8.77. The van der Waals surface area contributed by atoms with Gasteiger partial charge in [-0.2, -0.15) is 26.3 Å². The highest BCUT2D eigenvalue weighted by Gasteiger charge is 2.31. The van der Waals surface area contributed by atoms with E-state index >= 15 is 0 Å². The van der Waals surface area contributed by atoms with Crippen molar-refractivity contribution in [2.75, 3.05) is 0 Å². The third-order valence-electron chi connectivity index (χ3n) is 7.26. The Hall–Kier alpha value is -5.94. The average Bonchev–Trinajstić information content (AvgIpc) is 3.74. The molecule has 6 aromatic rings. The van der Waals surface area contributed by atoms with Gasteiger partial charge in [-0.15, -0.1) is 20.4 Å². The van der Waals surface area contributed by atoms with Crippen LogP contribution in [-0.2, 0) is 12.4 Å². The van der Waals surface area contributed by atoms with Crippen LogP contribution in [0.2, 0.25) is 0 Å². The molecule has 0 fully saturated rings. The van der Waals surface area contributed by atoms with Gasteiger partial charge in [0.25, 0.3) is 22.9 Å². The molecule has 18 heteroatoms. The molecule has 50 heavy (non-hydrogen) atoms. The Morgan fingerprint density at radius 2 is 0.920 bits per heavy atom. The summed E-state index contributed by atoms with van der Waals surface area (Å²) in [5, 5.41) is 15.5. The van der Waals surface area contributed by atoms with E-state index in [9.17, 15) is 35.9 Å². The summed E-state index contributed by atoms with van der Waals surface area (Å²) in [5.74, 6) is 0.559. The fourth-order valence-corrected chi connectivity index (χ4v) is 4.61. The van der Waals surface area contributed by atoms with E-state index in [4.69, 9.17) is 8.83 Å². The Morgan fingerprint density at radius 1 is 0.580 bits per heavy atom. The van der Waals surface area contributed by atoms with Crippen LogP contribution in [0.1, 0.15) is 71.4 Å². The Kier molecular flexibility index (Phi) is 9.82. The molecule has 4 aromatic heterocycles. The van der Waals surface area contributed by atoms with Gasteiger partial charge in [-0.25, -0.2) is 9.97 Å². The van der Waals surface area contributed by atoms with Crippen LogP contribution >= 0.6 is 0 Å². The van der Waals surface area contributed by atoms with Crippen molar-refractivity contribution in [1.82, 2.24) is 40.3 Å². The number of aryl methyl sites for hydroxylation is 2. The van der Waals surface area contributed by atoms with E-state index in [-0.39, 0.29) is 46.1 Å². The quantitative estimate of drug-likeness (QED) is 0.181. The fourth-order valence-electron chi connectivity index (χ4n) is 4.61. The van der Waals surface area contributed by atoms with E-state index in [1.807, 2.05) is 0 Å². The number of benzene rings is 2. The maximum atomic E-state index is 12.6. The molecule has 2 aromatic carbocycles. The molecule has 4 heterocycles. The highest BCUT2D eigenvalue weighted by molar-refractivity contribution is 5.46. The minimum Gasteiger partial charge on any atom is -0.419 e. The zero-order chi connectivity index (χ0) is 36.4. The Labute approximate surface area is 277 Å². The van der Waals surface area contributed by atoms with Crippen LogP contribution in [-0.4, -0.2) is 40.3 Å². The van der Waals surface area contributed by atoms with Gasteiger partial charge in [0.05, 0.1) is 23.0 Å². The van der Waals surface area contributed by atoms with Crippen molar-refractivity contribution in [2.45, 2.75) is 51.9 Å². The largest absolute Gasteiger partial charge is 0.419 e. The Bertz CT molecular complexity index is 2050. The number of H-pyrrole nitrogens is 2. The van der Waals surface area contributed by atoms with Gasteiger partial charge in [0, 0.05) is 12.1 Å². The molecule has 2 atom stereocenters. The summed E-state index contributed by atoms with van der Waals surface area (Å²) < 4.78 is 86.8. The van der Waals surface area contributed by atoms with Crippen LogP contribution in [0.3, 0.4) is 0 Å². The summed E-state index contributed by atoms with van der Waals surface area (Å²) in [6.45, 7) is 6.70. The van der Waals surface area contributed by atoms with Gasteiger partial charge < -0.3 is 18.8 Å². The van der Waals surface area contributed by atoms with Crippen molar-refractivity contribution < 1.29 is 35.2 Å². The second kappa shape index (κ2) is 13.9. The molecule has 0 spiro atoms. The standard InChI is InChI=1S/2C16H13F3N4O2/c2*1-8(10-3-5-11(6-4-10)16(17,18)19)14-22-23-15(25-14)12-7-13(24)21-9(2)20-12/h2*3-8H,1-2H3,(H,20,21,24)/t2*8-/m10/s1. The Morgan fingerprint density at radius 3 is 1.22 bits per heavy atom. The molecule has 0 saturated carbocycles. The molecule has 0 aliphatic heterocycles. The average molecular weight is 701 g/mol. The number of nitrogens with zero attached hydrogens (tertiary/aromatic N) is 6. The minimum atomic E-state index is -4.39. The molecular formula is C32H26F6N8O4. The molecule has 0 aliphatic carbocycles. The first-order valence-electron chi connectivity index (χ1n) is 14.7. The van der Waals surface area contributed by atoms with Crippen LogP contribution in [0, 0.1) is 13.8 Å². The topological polar surface area (TPSA) is 169 Å². The SMILES string of the molecule is Cc1nc(-c2nnc([C@@H](C)c3ccc(C(F)(F)F)cc3)o2)cc(=O)[nH]1.Cc1nc(-c2nnc([C@H](C)c3ccc(C(F)(F)F)cc3)o2)cc(=O)[nH]1.